The summed E-state index contributed by atoms with van der Waals surface area (Å²) in [4.78, 5) is 56.3. The number of nitrogens with one attached hydrogen (secondary N) is 4. The Labute approximate surface area is 201 Å². The number of carbonyl (C=O) groups is 4. The second-order valence-corrected chi connectivity index (χ2v) is 7.94. The van der Waals surface area contributed by atoms with Crippen molar-refractivity contribution in [2.45, 2.75) is 50.0 Å². The van der Waals surface area contributed by atoms with Crippen LogP contribution in [0.15, 0.2) is 42.9 Å². The minimum absolute atomic E-state index is 0.0131. The first-order chi connectivity index (χ1) is 16.6. The maximum Gasteiger partial charge on any atom is 0.326 e. The van der Waals surface area contributed by atoms with Crippen LogP contribution in [0, 0.1) is 0 Å². The molecule has 1 heterocycles. The van der Waals surface area contributed by atoms with Gasteiger partial charge in [0, 0.05) is 24.7 Å². The third-order valence-electron chi connectivity index (χ3n) is 5.15. The van der Waals surface area contributed by atoms with Crippen LogP contribution in [-0.2, 0) is 32.0 Å². The number of aliphatic carboxylic acids is 1. The molecule has 3 amide bonds. The van der Waals surface area contributed by atoms with Gasteiger partial charge >= 0.3 is 5.97 Å². The van der Waals surface area contributed by atoms with Gasteiger partial charge in [-0.25, -0.2) is 9.78 Å². The number of H-pyrrole nitrogens is 1. The Hall–Kier alpha value is -3.81. The lowest BCUT2D eigenvalue weighted by Crippen LogP contribution is -2.59. The number of aromatic nitrogens is 2. The predicted molar refractivity (Wildman–Crippen MR) is 123 cm³/mol. The molecule has 0 aliphatic rings. The third-order valence-corrected chi connectivity index (χ3v) is 5.15. The first-order valence-corrected chi connectivity index (χ1v) is 10.8. The number of carboxylic acid groups (broad SMARTS) is 1. The molecule has 5 atom stereocenters. The number of nitrogens with zero attached hydrogens (tertiary/aromatic N) is 1. The first kappa shape index (κ1) is 27.4. The van der Waals surface area contributed by atoms with Crippen molar-refractivity contribution in [2.75, 3.05) is 6.61 Å². The van der Waals surface area contributed by atoms with Gasteiger partial charge in [0.15, 0.2) is 0 Å². The van der Waals surface area contributed by atoms with Crippen LogP contribution >= 0.6 is 0 Å². The Morgan fingerprint density at radius 1 is 0.971 bits per heavy atom. The molecule has 0 fully saturated rings. The van der Waals surface area contributed by atoms with Crippen molar-refractivity contribution in [1.82, 2.24) is 25.9 Å². The lowest BCUT2D eigenvalue weighted by atomic mass is 10.0. The van der Waals surface area contributed by atoms with Gasteiger partial charge in [0.25, 0.3) is 0 Å². The molecule has 2 aromatic rings. The van der Waals surface area contributed by atoms with Crippen LogP contribution in [0.5, 0.6) is 0 Å². The van der Waals surface area contributed by atoms with E-state index in [-0.39, 0.29) is 12.8 Å². The van der Waals surface area contributed by atoms with Crippen LogP contribution < -0.4 is 21.7 Å². The summed E-state index contributed by atoms with van der Waals surface area (Å²) in [5.74, 6) is -3.84. The van der Waals surface area contributed by atoms with Crippen molar-refractivity contribution in [3.05, 3.63) is 54.1 Å². The molecule has 0 bridgehead atoms. The summed E-state index contributed by atoms with van der Waals surface area (Å²) >= 11 is 0. The number of amides is 3. The Bertz CT molecular complexity index is 983. The zero-order valence-corrected chi connectivity index (χ0v) is 19.0. The van der Waals surface area contributed by atoms with Crippen molar-refractivity contribution in [1.29, 1.82) is 0 Å². The molecule has 0 radical (unpaired) electrons. The Morgan fingerprint density at radius 2 is 1.57 bits per heavy atom. The number of aromatic amines is 1. The van der Waals surface area contributed by atoms with E-state index in [0.29, 0.717) is 11.3 Å². The van der Waals surface area contributed by atoms with Crippen LogP contribution in [0.2, 0.25) is 0 Å². The molecular formula is C22H30N6O7. The zero-order valence-electron chi connectivity index (χ0n) is 19.0. The van der Waals surface area contributed by atoms with Crippen molar-refractivity contribution < 1.29 is 34.5 Å². The fourth-order valence-electron chi connectivity index (χ4n) is 3.10. The van der Waals surface area contributed by atoms with E-state index < -0.39 is 60.6 Å². The highest BCUT2D eigenvalue weighted by atomic mass is 16.4. The summed E-state index contributed by atoms with van der Waals surface area (Å²) in [6.45, 7) is 0.478. The molecular weight excluding hydrogens is 460 g/mol. The molecule has 1 aromatic heterocycles. The second-order valence-electron chi connectivity index (χ2n) is 7.94. The largest absolute Gasteiger partial charge is 0.480 e. The first-order valence-electron chi connectivity index (χ1n) is 10.8. The molecule has 5 unspecified atom stereocenters. The van der Waals surface area contributed by atoms with E-state index in [4.69, 9.17) is 5.73 Å². The second kappa shape index (κ2) is 13.2. The molecule has 0 saturated carbocycles. The van der Waals surface area contributed by atoms with E-state index in [2.05, 4.69) is 25.9 Å². The van der Waals surface area contributed by atoms with Crippen LogP contribution in [0.1, 0.15) is 18.2 Å². The van der Waals surface area contributed by atoms with E-state index in [9.17, 15) is 34.5 Å². The van der Waals surface area contributed by atoms with Gasteiger partial charge in [-0.1, -0.05) is 30.3 Å². The van der Waals surface area contributed by atoms with Gasteiger partial charge in [-0.15, -0.1) is 0 Å². The van der Waals surface area contributed by atoms with Crippen LogP contribution in [0.3, 0.4) is 0 Å². The molecule has 13 nitrogen and oxygen atoms in total. The lowest BCUT2D eigenvalue weighted by Gasteiger charge is -2.24. The quantitative estimate of drug-likeness (QED) is 0.148. The molecule has 0 spiro atoms. The van der Waals surface area contributed by atoms with Gasteiger partial charge in [0.2, 0.25) is 17.7 Å². The number of aliphatic hydroxyl groups is 2. The smallest absolute Gasteiger partial charge is 0.326 e. The van der Waals surface area contributed by atoms with Gasteiger partial charge in [0.05, 0.1) is 19.0 Å². The molecule has 0 saturated heterocycles. The summed E-state index contributed by atoms with van der Waals surface area (Å²) in [6.07, 6.45) is 1.54. The summed E-state index contributed by atoms with van der Waals surface area (Å²) in [6, 6.07) is 3.35. The fourth-order valence-corrected chi connectivity index (χ4v) is 3.10. The van der Waals surface area contributed by atoms with E-state index in [0.717, 1.165) is 0 Å². The molecule has 9 N–H and O–H groups in total. The highest BCUT2D eigenvalue weighted by molar-refractivity contribution is 5.94. The molecule has 35 heavy (non-hydrogen) atoms. The summed E-state index contributed by atoms with van der Waals surface area (Å²) in [5.41, 5.74) is 6.70. The zero-order chi connectivity index (χ0) is 26.0. The van der Waals surface area contributed by atoms with E-state index in [1.165, 1.54) is 19.4 Å². The SMILES string of the molecule is CC(O)C(N)C(=O)NC(CO)C(=O)NC(Cc1cnc[nH]1)C(=O)NC(Cc1ccccc1)C(=O)O. The number of carbonyl (C=O) groups excluding carboxylic acids is 3. The predicted octanol–water partition coefficient (Wildman–Crippen LogP) is -2.57. The molecule has 13 heteroatoms. The van der Waals surface area contributed by atoms with E-state index in [1.54, 1.807) is 30.3 Å². The number of imidazole rings is 1. The van der Waals surface area contributed by atoms with Crippen molar-refractivity contribution in [2.24, 2.45) is 5.73 Å². The van der Waals surface area contributed by atoms with E-state index in [1.807, 2.05) is 0 Å². The summed E-state index contributed by atoms with van der Waals surface area (Å²) < 4.78 is 0. The standard InChI is InChI=1S/C22H30N6O7/c1-12(30)18(23)21(33)28-17(10-29)20(32)26-15(8-14-9-24-11-25-14)19(31)27-16(22(34)35)7-13-5-3-2-4-6-13/h2-6,9,11-12,15-18,29-30H,7-8,10,23H2,1H3,(H,24,25)(H,26,32)(H,27,31)(H,28,33)(H,34,35). The number of benzene rings is 1. The van der Waals surface area contributed by atoms with Gasteiger partial charge < -0.3 is 42.0 Å². The van der Waals surface area contributed by atoms with Gasteiger partial charge in [-0.2, -0.15) is 0 Å². The minimum atomic E-state index is -1.47. The van der Waals surface area contributed by atoms with Crippen molar-refractivity contribution >= 4 is 23.7 Å². The fraction of sp³-hybridized carbons (Fsp3) is 0.409. The van der Waals surface area contributed by atoms with Gasteiger partial charge in [-0.3, -0.25) is 14.4 Å². The van der Waals surface area contributed by atoms with Crippen LogP contribution in [0.25, 0.3) is 0 Å². The molecule has 190 valence electrons. The minimum Gasteiger partial charge on any atom is -0.480 e. The maximum atomic E-state index is 13.0. The monoisotopic (exact) mass is 490 g/mol. The number of hydrogen-bond donors (Lipinski definition) is 8. The lowest BCUT2D eigenvalue weighted by molar-refractivity contribution is -0.142. The van der Waals surface area contributed by atoms with Crippen molar-refractivity contribution in [3.8, 4) is 0 Å². The normalized spacial score (nSPS) is 15.2. The Kier molecular flexibility index (Phi) is 10.3. The Morgan fingerprint density at radius 3 is 2.11 bits per heavy atom. The molecule has 0 aliphatic carbocycles. The number of rotatable bonds is 13. The number of nitrogens with two attached hydrogens (primary N) is 1. The number of aliphatic hydroxyl groups excluding tert-OH is 2. The third kappa shape index (κ3) is 8.48. The Balaban J connectivity index is 2.15. The molecule has 1 aromatic carbocycles. The number of hydrogen-bond acceptors (Lipinski definition) is 8. The van der Waals surface area contributed by atoms with Gasteiger partial charge in [0.1, 0.15) is 24.2 Å². The van der Waals surface area contributed by atoms with Crippen LogP contribution in [-0.4, -0.2) is 85.9 Å². The highest BCUT2D eigenvalue weighted by Gasteiger charge is 2.31. The maximum absolute atomic E-state index is 13.0. The average Bonchev–Trinajstić information content (AvgIpc) is 3.34. The van der Waals surface area contributed by atoms with E-state index >= 15 is 0 Å². The van der Waals surface area contributed by atoms with Gasteiger partial charge in [-0.05, 0) is 12.5 Å². The topological polar surface area (TPSA) is 220 Å². The molecule has 2 rings (SSSR count). The highest BCUT2D eigenvalue weighted by Crippen LogP contribution is 2.06. The number of carboxylic acids is 1. The molecule has 0 aliphatic heterocycles. The summed E-state index contributed by atoms with van der Waals surface area (Å²) in [5, 5.41) is 35.7. The van der Waals surface area contributed by atoms with Crippen LogP contribution in [0.4, 0.5) is 0 Å². The average molecular weight is 491 g/mol. The summed E-state index contributed by atoms with van der Waals surface area (Å²) in [7, 11) is 0. The van der Waals surface area contributed by atoms with Crippen molar-refractivity contribution in [3.63, 3.8) is 0 Å².